The van der Waals surface area contributed by atoms with E-state index in [9.17, 15) is 4.79 Å². The van der Waals surface area contributed by atoms with Crippen molar-refractivity contribution in [3.8, 4) is 0 Å². The zero-order chi connectivity index (χ0) is 18.3. The van der Waals surface area contributed by atoms with Crippen LogP contribution >= 0.6 is 0 Å². The largest absolute Gasteiger partial charge is 0.394 e. The van der Waals surface area contributed by atoms with Crippen LogP contribution < -0.4 is 0 Å². The Labute approximate surface area is 159 Å². The van der Waals surface area contributed by atoms with Gasteiger partial charge < -0.3 is 33.9 Å². The SMILES string of the molecule is C.C.C=CC(C)=O.OCCOCCOCCOCCOCCOCCO. The molecule has 0 amide bonds. The van der Waals surface area contributed by atoms with E-state index in [0.717, 1.165) is 0 Å². The van der Waals surface area contributed by atoms with Crippen molar-refractivity contribution in [3.05, 3.63) is 12.7 Å². The predicted molar refractivity (Wildman–Crippen MR) is 103 cm³/mol. The minimum atomic E-state index is 0. The van der Waals surface area contributed by atoms with Crippen LogP contribution in [0, 0.1) is 0 Å². The van der Waals surface area contributed by atoms with Crippen LogP contribution in [0.25, 0.3) is 0 Å². The normalized spacial score (nSPS) is 9.35. The summed E-state index contributed by atoms with van der Waals surface area (Å²) in [6.45, 7) is 9.48. The van der Waals surface area contributed by atoms with Gasteiger partial charge in [-0.15, -0.1) is 0 Å². The monoisotopic (exact) mass is 384 g/mol. The summed E-state index contributed by atoms with van der Waals surface area (Å²) in [4.78, 5) is 9.69. The van der Waals surface area contributed by atoms with Crippen LogP contribution in [0.15, 0.2) is 12.7 Å². The van der Waals surface area contributed by atoms with E-state index in [1.807, 2.05) is 0 Å². The first-order chi connectivity index (χ1) is 11.7. The predicted octanol–water partition coefficient (Wildman–Crippen LogP) is 1.09. The van der Waals surface area contributed by atoms with Gasteiger partial charge in [0.15, 0.2) is 5.78 Å². The Bertz CT molecular complexity index is 246. The van der Waals surface area contributed by atoms with Crippen LogP contribution in [0.2, 0.25) is 0 Å². The molecule has 0 unspecified atom stereocenters. The highest BCUT2D eigenvalue weighted by Crippen LogP contribution is 1.83. The summed E-state index contributed by atoms with van der Waals surface area (Å²) in [6, 6.07) is 0. The molecule has 0 spiro atoms. The van der Waals surface area contributed by atoms with Crippen LogP contribution in [-0.4, -0.2) is 95.3 Å². The summed E-state index contributed by atoms with van der Waals surface area (Å²) in [5, 5.41) is 16.9. The van der Waals surface area contributed by atoms with Crippen LogP contribution in [0.1, 0.15) is 21.8 Å². The molecule has 26 heavy (non-hydrogen) atoms. The lowest BCUT2D eigenvalue weighted by atomic mass is 10.5. The second-order valence-corrected chi connectivity index (χ2v) is 4.32. The van der Waals surface area contributed by atoms with E-state index in [1.54, 1.807) is 0 Å². The van der Waals surface area contributed by atoms with Crippen molar-refractivity contribution in [1.82, 2.24) is 0 Å². The highest BCUT2D eigenvalue weighted by molar-refractivity contribution is 5.86. The topological polar surface area (TPSA) is 104 Å². The number of rotatable bonds is 17. The van der Waals surface area contributed by atoms with E-state index in [0.29, 0.717) is 66.1 Å². The number of ketones is 1. The van der Waals surface area contributed by atoms with Gasteiger partial charge in [-0.25, -0.2) is 0 Å². The van der Waals surface area contributed by atoms with Gasteiger partial charge in [-0.3, -0.25) is 4.79 Å². The van der Waals surface area contributed by atoms with Crippen molar-refractivity contribution in [1.29, 1.82) is 0 Å². The highest BCUT2D eigenvalue weighted by atomic mass is 16.6. The fourth-order valence-corrected chi connectivity index (χ4v) is 1.11. The third-order valence-corrected chi connectivity index (χ3v) is 2.25. The number of carbonyl (C=O) groups excluding carboxylic acids is 1. The molecule has 0 aromatic rings. The zero-order valence-electron chi connectivity index (χ0n) is 14.6. The summed E-state index contributed by atoms with van der Waals surface area (Å²) in [6.07, 6.45) is 1.28. The first kappa shape index (κ1) is 32.8. The molecule has 2 N–H and O–H groups in total. The Hall–Kier alpha value is -0.870. The molecule has 0 aliphatic carbocycles. The minimum Gasteiger partial charge on any atom is -0.394 e. The molecular weight excluding hydrogens is 344 g/mol. The Morgan fingerprint density at radius 2 is 0.885 bits per heavy atom. The second kappa shape index (κ2) is 31.9. The van der Waals surface area contributed by atoms with Gasteiger partial charge in [0.1, 0.15) is 0 Å². The van der Waals surface area contributed by atoms with Gasteiger partial charge >= 0.3 is 0 Å². The van der Waals surface area contributed by atoms with Gasteiger partial charge in [-0.05, 0) is 13.0 Å². The molecule has 0 radical (unpaired) electrons. The average molecular weight is 385 g/mol. The number of ether oxygens (including phenoxy) is 5. The number of carbonyl (C=O) groups is 1. The lowest BCUT2D eigenvalue weighted by molar-refractivity contribution is -0.112. The molecule has 0 heterocycles. The fourth-order valence-electron chi connectivity index (χ4n) is 1.11. The fraction of sp³-hybridized carbons (Fsp3) is 0.833. The Kier molecular flexibility index (Phi) is 40.2. The minimum absolute atomic E-state index is 0. The molecule has 0 fully saturated rings. The van der Waals surface area contributed by atoms with Crippen LogP contribution in [0.3, 0.4) is 0 Å². The molecular formula is C18H40O8. The third kappa shape index (κ3) is 38.6. The van der Waals surface area contributed by atoms with Crippen molar-refractivity contribution in [3.63, 3.8) is 0 Å². The van der Waals surface area contributed by atoms with E-state index in [4.69, 9.17) is 33.9 Å². The number of allylic oxidation sites excluding steroid dienone is 1. The number of aliphatic hydroxyl groups excluding tert-OH is 2. The molecule has 0 aromatic heterocycles. The van der Waals surface area contributed by atoms with E-state index in [-0.39, 0.29) is 33.9 Å². The van der Waals surface area contributed by atoms with E-state index in [2.05, 4.69) is 6.58 Å². The molecule has 0 bridgehead atoms. The van der Waals surface area contributed by atoms with Crippen molar-refractivity contribution in [2.75, 3.05) is 79.3 Å². The maximum atomic E-state index is 9.69. The maximum Gasteiger partial charge on any atom is 0.152 e. The van der Waals surface area contributed by atoms with Crippen molar-refractivity contribution in [2.24, 2.45) is 0 Å². The summed E-state index contributed by atoms with van der Waals surface area (Å²) < 4.78 is 25.8. The first-order valence-electron chi connectivity index (χ1n) is 7.92. The van der Waals surface area contributed by atoms with Gasteiger partial charge in [-0.2, -0.15) is 0 Å². The van der Waals surface area contributed by atoms with Crippen molar-refractivity contribution in [2.45, 2.75) is 21.8 Å². The molecule has 0 saturated carbocycles. The number of hydrogen-bond acceptors (Lipinski definition) is 8. The van der Waals surface area contributed by atoms with Gasteiger partial charge in [0.05, 0.1) is 79.3 Å². The van der Waals surface area contributed by atoms with Crippen molar-refractivity contribution < 1.29 is 38.7 Å². The zero-order valence-corrected chi connectivity index (χ0v) is 14.6. The smallest absolute Gasteiger partial charge is 0.152 e. The molecule has 0 saturated heterocycles. The quantitative estimate of drug-likeness (QED) is 0.284. The van der Waals surface area contributed by atoms with Crippen molar-refractivity contribution >= 4 is 5.78 Å². The third-order valence-electron chi connectivity index (χ3n) is 2.25. The van der Waals surface area contributed by atoms with Gasteiger partial charge in [0.2, 0.25) is 0 Å². The van der Waals surface area contributed by atoms with E-state index < -0.39 is 0 Å². The maximum absolute atomic E-state index is 9.69. The summed E-state index contributed by atoms with van der Waals surface area (Å²) >= 11 is 0. The standard InChI is InChI=1S/C12H26O7.C4H6O.2CH4/c13-1-3-15-5-7-17-9-11-19-12-10-18-8-6-16-4-2-14;1-3-4(2)5;;/h13-14H,1-12H2;3H,1H2,2H3;2*1H4. The summed E-state index contributed by atoms with van der Waals surface area (Å²) in [5.41, 5.74) is 0. The Morgan fingerprint density at radius 1 is 0.692 bits per heavy atom. The summed E-state index contributed by atoms with van der Waals surface area (Å²) in [7, 11) is 0. The lowest BCUT2D eigenvalue weighted by Crippen LogP contribution is -2.14. The van der Waals surface area contributed by atoms with Gasteiger partial charge in [0.25, 0.3) is 0 Å². The van der Waals surface area contributed by atoms with Crippen LogP contribution in [0.4, 0.5) is 0 Å². The molecule has 0 rings (SSSR count). The van der Waals surface area contributed by atoms with E-state index in [1.165, 1.54) is 13.0 Å². The first-order valence-corrected chi connectivity index (χ1v) is 7.92. The van der Waals surface area contributed by atoms with Crippen LogP contribution in [0.5, 0.6) is 0 Å². The Morgan fingerprint density at radius 3 is 1.04 bits per heavy atom. The highest BCUT2D eigenvalue weighted by Gasteiger charge is 1.92. The van der Waals surface area contributed by atoms with Crippen LogP contribution in [-0.2, 0) is 28.5 Å². The molecule has 0 aliphatic heterocycles. The number of aliphatic hydroxyl groups is 2. The number of hydrogen-bond donors (Lipinski definition) is 2. The molecule has 0 atom stereocenters. The van der Waals surface area contributed by atoms with E-state index >= 15 is 0 Å². The molecule has 8 heteroatoms. The molecule has 8 nitrogen and oxygen atoms in total. The lowest BCUT2D eigenvalue weighted by Gasteiger charge is -2.07. The molecule has 0 aromatic carbocycles. The average Bonchev–Trinajstić information content (AvgIpc) is 2.59. The van der Waals surface area contributed by atoms with Gasteiger partial charge in [-0.1, -0.05) is 21.4 Å². The molecule has 0 aliphatic rings. The summed E-state index contributed by atoms with van der Waals surface area (Å²) in [5.74, 6) is 0.0185. The molecule has 160 valence electrons. The Balaban J connectivity index is -0.000000304. The van der Waals surface area contributed by atoms with Gasteiger partial charge in [0, 0.05) is 0 Å². The second-order valence-electron chi connectivity index (χ2n) is 4.32.